The van der Waals surface area contributed by atoms with Crippen molar-refractivity contribution >= 4 is 5.91 Å². The van der Waals surface area contributed by atoms with E-state index >= 15 is 0 Å². The molecule has 3 aromatic rings. The Morgan fingerprint density at radius 3 is 2.36 bits per heavy atom. The molecule has 0 bridgehead atoms. The Kier molecular flexibility index (Phi) is 6.79. The van der Waals surface area contributed by atoms with Crippen LogP contribution in [0.4, 0.5) is 13.2 Å². The minimum atomic E-state index is -4.45. The molecule has 4 heterocycles. The highest BCUT2D eigenvalue weighted by atomic mass is 19.4. The molecule has 2 aliphatic rings. The molecule has 0 unspecified atom stereocenters. The van der Waals surface area contributed by atoms with Crippen LogP contribution in [0.15, 0.2) is 54.9 Å². The number of halogens is 3. The van der Waals surface area contributed by atoms with Crippen LogP contribution in [0.2, 0.25) is 0 Å². The van der Waals surface area contributed by atoms with Crippen molar-refractivity contribution in [2.24, 2.45) is 0 Å². The van der Waals surface area contributed by atoms with E-state index in [9.17, 15) is 18.0 Å². The average Bonchev–Trinajstić information content (AvgIpc) is 3.43. The van der Waals surface area contributed by atoms with Crippen molar-refractivity contribution in [1.29, 1.82) is 0 Å². The zero-order valence-electron chi connectivity index (χ0n) is 20.3. The normalized spacial score (nSPS) is 17.5. The van der Waals surface area contributed by atoms with Gasteiger partial charge in [-0.3, -0.25) is 9.78 Å². The van der Waals surface area contributed by atoms with Crippen molar-refractivity contribution in [3.63, 3.8) is 0 Å². The number of carbonyl (C=O) groups excluding carboxylic acids is 1. The maximum atomic E-state index is 13.6. The molecule has 8 heteroatoms. The van der Waals surface area contributed by atoms with Crippen LogP contribution in [-0.2, 0) is 6.18 Å². The number of amides is 1. The van der Waals surface area contributed by atoms with Crippen LogP contribution in [0.1, 0.15) is 47.3 Å². The summed E-state index contributed by atoms with van der Waals surface area (Å²) in [6.07, 6.45) is 3.17. The minimum Gasteiger partial charge on any atom is -0.337 e. The van der Waals surface area contributed by atoms with Gasteiger partial charge in [0.15, 0.2) is 0 Å². The van der Waals surface area contributed by atoms with E-state index in [0.717, 1.165) is 38.1 Å². The number of aromatic nitrogens is 2. The van der Waals surface area contributed by atoms with Crippen molar-refractivity contribution in [3.05, 3.63) is 71.7 Å². The van der Waals surface area contributed by atoms with Gasteiger partial charge in [-0.05, 0) is 87.2 Å². The number of nitrogens with zero attached hydrogens (tertiary/aromatic N) is 4. The van der Waals surface area contributed by atoms with E-state index in [2.05, 4.69) is 9.88 Å². The Bertz CT molecular complexity index is 1230. The number of hydrogen-bond donors (Lipinski definition) is 0. The van der Waals surface area contributed by atoms with E-state index in [4.69, 9.17) is 4.98 Å². The number of piperidine rings is 1. The fourth-order valence-electron chi connectivity index (χ4n) is 5.33. The van der Waals surface area contributed by atoms with E-state index in [1.54, 1.807) is 43.6 Å². The number of alkyl halides is 3. The zero-order chi connectivity index (χ0) is 25.3. The number of rotatable bonds is 4. The number of hydrogen-bond acceptors (Lipinski definition) is 4. The highest BCUT2D eigenvalue weighted by Gasteiger charge is 2.32. The molecule has 5 nitrogen and oxygen atoms in total. The molecule has 36 heavy (non-hydrogen) atoms. The quantitative estimate of drug-likeness (QED) is 0.457. The smallest absolute Gasteiger partial charge is 0.337 e. The molecular weight excluding hydrogens is 465 g/mol. The maximum absolute atomic E-state index is 13.6. The summed E-state index contributed by atoms with van der Waals surface area (Å²) in [5, 5.41) is 0. The van der Waals surface area contributed by atoms with Crippen LogP contribution in [0.25, 0.3) is 22.4 Å². The Morgan fingerprint density at radius 2 is 1.69 bits per heavy atom. The summed E-state index contributed by atoms with van der Waals surface area (Å²) in [5.41, 5.74) is 2.28. The van der Waals surface area contributed by atoms with E-state index in [0.29, 0.717) is 52.8 Å². The molecule has 2 aliphatic heterocycles. The van der Waals surface area contributed by atoms with Crippen LogP contribution in [0, 0.1) is 6.92 Å². The van der Waals surface area contributed by atoms with E-state index in [-0.39, 0.29) is 5.91 Å². The first-order chi connectivity index (χ1) is 17.3. The first-order valence-corrected chi connectivity index (χ1v) is 12.4. The molecule has 1 amide bonds. The molecule has 5 rings (SSSR count). The largest absolute Gasteiger partial charge is 0.416 e. The predicted molar refractivity (Wildman–Crippen MR) is 132 cm³/mol. The summed E-state index contributed by atoms with van der Waals surface area (Å²) in [4.78, 5) is 26.9. The third-order valence-electron chi connectivity index (χ3n) is 7.26. The minimum absolute atomic E-state index is 0.131. The van der Waals surface area contributed by atoms with E-state index in [1.807, 2.05) is 4.90 Å². The van der Waals surface area contributed by atoms with Crippen molar-refractivity contribution in [2.75, 3.05) is 26.2 Å². The molecule has 2 saturated heterocycles. The lowest BCUT2D eigenvalue weighted by molar-refractivity contribution is -0.137. The van der Waals surface area contributed by atoms with Crippen LogP contribution >= 0.6 is 0 Å². The van der Waals surface area contributed by atoms with E-state index < -0.39 is 11.7 Å². The van der Waals surface area contributed by atoms with Gasteiger partial charge < -0.3 is 9.80 Å². The molecular formula is C28H29F3N4O. The molecule has 2 fully saturated rings. The molecule has 0 aliphatic carbocycles. The molecule has 0 atom stereocenters. The second kappa shape index (κ2) is 10.0. The molecule has 0 saturated carbocycles. The highest BCUT2D eigenvalue weighted by molar-refractivity contribution is 5.96. The topological polar surface area (TPSA) is 49.3 Å². The van der Waals surface area contributed by atoms with Crippen molar-refractivity contribution in [1.82, 2.24) is 19.8 Å². The summed E-state index contributed by atoms with van der Waals surface area (Å²) in [5.74, 6) is -0.131. The lowest BCUT2D eigenvalue weighted by atomic mass is 9.95. The molecule has 0 spiro atoms. The first kappa shape index (κ1) is 24.4. The maximum Gasteiger partial charge on any atom is 0.416 e. The second-order valence-electron chi connectivity index (χ2n) is 9.64. The third kappa shape index (κ3) is 5.00. The van der Waals surface area contributed by atoms with Gasteiger partial charge in [0.2, 0.25) is 0 Å². The fourth-order valence-corrected chi connectivity index (χ4v) is 5.33. The van der Waals surface area contributed by atoms with Gasteiger partial charge >= 0.3 is 6.18 Å². The van der Waals surface area contributed by atoms with Crippen molar-refractivity contribution in [2.45, 2.75) is 44.8 Å². The Hall–Kier alpha value is -3.26. The van der Waals surface area contributed by atoms with Gasteiger partial charge in [0.05, 0.1) is 11.3 Å². The average molecular weight is 495 g/mol. The zero-order valence-corrected chi connectivity index (χ0v) is 20.3. The van der Waals surface area contributed by atoms with Gasteiger partial charge in [-0.1, -0.05) is 12.1 Å². The van der Waals surface area contributed by atoms with Crippen LogP contribution in [0.5, 0.6) is 0 Å². The fraction of sp³-hybridized carbons (Fsp3) is 0.393. The monoisotopic (exact) mass is 494 g/mol. The Morgan fingerprint density at radius 1 is 0.972 bits per heavy atom. The van der Waals surface area contributed by atoms with Crippen LogP contribution < -0.4 is 0 Å². The molecule has 0 N–H and O–H groups in total. The van der Waals surface area contributed by atoms with Crippen molar-refractivity contribution < 1.29 is 18.0 Å². The number of aryl methyl sites for hydroxylation is 1. The van der Waals surface area contributed by atoms with Crippen molar-refractivity contribution in [3.8, 4) is 22.4 Å². The number of likely N-dealkylation sites (tertiary alicyclic amines) is 2. The lowest BCUT2D eigenvalue weighted by Crippen LogP contribution is -2.46. The summed E-state index contributed by atoms with van der Waals surface area (Å²) < 4.78 is 40.2. The SMILES string of the molecule is Cc1cc(-c2cccc(C(F)(F)F)c2)c(-c2cccnc2)nc1C(=O)N1CCC(N2CCCC2)CC1. The number of pyridine rings is 2. The van der Waals surface area contributed by atoms with Gasteiger partial charge in [-0.15, -0.1) is 0 Å². The van der Waals surface area contributed by atoms with Gasteiger partial charge in [-0.2, -0.15) is 13.2 Å². The first-order valence-electron chi connectivity index (χ1n) is 12.4. The Balaban J connectivity index is 1.48. The van der Waals surface area contributed by atoms with Crippen LogP contribution in [0.3, 0.4) is 0 Å². The lowest BCUT2D eigenvalue weighted by Gasteiger charge is -2.36. The summed E-state index contributed by atoms with van der Waals surface area (Å²) in [6, 6.07) is 11.1. The second-order valence-corrected chi connectivity index (χ2v) is 9.64. The van der Waals surface area contributed by atoms with Gasteiger partial charge in [0.25, 0.3) is 5.91 Å². The van der Waals surface area contributed by atoms with Gasteiger partial charge in [-0.25, -0.2) is 4.98 Å². The predicted octanol–water partition coefficient (Wildman–Crippen LogP) is 5.84. The number of carbonyl (C=O) groups is 1. The van der Waals surface area contributed by atoms with Crippen LogP contribution in [-0.4, -0.2) is 57.9 Å². The standard InChI is InChI=1S/C28H29F3N4O/c1-19-16-24(20-6-4-8-22(17-20)28(29,30)31)26(21-7-5-11-32-18-21)33-25(19)27(36)35-14-9-23(10-15-35)34-12-2-3-13-34/h4-8,11,16-18,23H,2-3,9-10,12-15H2,1H3. The number of benzene rings is 1. The van der Waals surface area contributed by atoms with Gasteiger partial charge in [0.1, 0.15) is 5.69 Å². The summed E-state index contributed by atoms with van der Waals surface area (Å²) >= 11 is 0. The third-order valence-corrected chi connectivity index (χ3v) is 7.26. The molecule has 1 aromatic carbocycles. The molecule has 188 valence electrons. The Labute approximate surface area is 209 Å². The molecule has 2 aromatic heterocycles. The molecule has 0 radical (unpaired) electrons. The summed E-state index contributed by atoms with van der Waals surface area (Å²) in [6.45, 7) is 5.44. The highest BCUT2D eigenvalue weighted by Crippen LogP contribution is 2.36. The van der Waals surface area contributed by atoms with Gasteiger partial charge in [0, 0.05) is 42.7 Å². The summed E-state index contributed by atoms with van der Waals surface area (Å²) in [7, 11) is 0. The van der Waals surface area contributed by atoms with E-state index in [1.165, 1.54) is 18.9 Å².